The molecule has 1 amide bonds. The summed E-state index contributed by atoms with van der Waals surface area (Å²) in [5, 5.41) is 9.66. The van der Waals surface area contributed by atoms with E-state index in [9.17, 15) is 4.79 Å². The van der Waals surface area contributed by atoms with Gasteiger partial charge in [-0.15, -0.1) is 0 Å². The molecule has 0 aromatic rings. The molecule has 0 aliphatic rings. The van der Waals surface area contributed by atoms with Crippen molar-refractivity contribution in [2.24, 2.45) is 5.84 Å². The molecule has 0 bridgehead atoms. The Labute approximate surface area is 94.4 Å². The van der Waals surface area contributed by atoms with Crippen LogP contribution in [0.4, 0.5) is 4.79 Å². The fraction of sp³-hybridized carbons (Fsp3) is 0.556. The zero-order valence-corrected chi connectivity index (χ0v) is 9.46. The molecule has 0 rings (SSSR count). The predicted octanol–water partition coefficient (Wildman–Crippen LogP) is -0.345. The van der Waals surface area contributed by atoms with E-state index in [0.29, 0.717) is 6.47 Å². The summed E-state index contributed by atoms with van der Waals surface area (Å²) < 4.78 is 8.45. The summed E-state index contributed by atoms with van der Waals surface area (Å²) in [6.07, 6.45) is 0.107. The van der Waals surface area contributed by atoms with Gasteiger partial charge in [0.15, 0.2) is 0 Å². The fourth-order valence-electron chi connectivity index (χ4n) is 0.572. The molecule has 0 aromatic carbocycles. The van der Waals surface area contributed by atoms with Crippen LogP contribution in [0.25, 0.3) is 0 Å². The summed E-state index contributed by atoms with van der Waals surface area (Å²) in [5.41, 5.74) is 0. The number of nitrogens with two attached hydrogens (primary N) is 1. The van der Waals surface area contributed by atoms with Crippen molar-refractivity contribution < 1.29 is 24.2 Å². The van der Waals surface area contributed by atoms with Gasteiger partial charge in [0.25, 0.3) is 6.47 Å². The van der Waals surface area contributed by atoms with Crippen LogP contribution in [0.2, 0.25) is 0 Å². The molecule has 1 atom stereocenters. The van der Waals surface area contributed by atoms with Gasteiger partial charge in [-0.2, -0.15) is 0 Å². The molecule has 0 aromatic heterocycles. The van der Waals surface area contributed by atoms with E-state index in [-0.39, 0.29) is 13.2 Å². The van der Waals surface area contributed by atoms with Crippen molar-refractivity contribution in [3.05, 3.63) is 12.7 Å². The number of methoxy groups -OCH3 is 1. The Balaban J connectivity index is 0. The van der Waals surface area contributed by atoms with Crippen LogP contribution in [-0.2, 0) is 14.3 Å². The van der Waals surface area contributed by atoms with Gasteiger partial charge in [0.1, 0.15) is 6.61 Å². The lowest BCUT2D eigenvalue weighted by molar-refractivity contribution is -0.126. The van der Waals surface area contributed by atoms with E-state index in [0.717, 1.165) is 5.01 Å². The van der Waals surface area contributed by atoms with Crippen LogP contribution in [0.3, 0.4) is 0 Å². The Morgan fingerprint density at radius 2 is 2.19 bits per heavy atom. The highest BCUT2D eigenvalue weighted by atomic mass is 16.6. The minimum Gasteiger partial charge on any atom is -0.471 e. The summed E-state index contributed by atoms with van der Waals surface area (Å²) in [7, 11) is 1.31. The third kappa shape index (κ3) is 12.4. The molecule has 7 heteroatoms. The lowest BCUT2D eigenvalue weighted by atomic mass is 10.4. The Bertz CT molecular complexity index is 208. The van der Waals surface area contributed by atoms with Gasteiger partial charge >= 0.3 is 6.09 Å². The first-order valence-electron chi connectivity index (χ1n) is 4.43. The van der Waals surface area contributed by atoms with E-state index >= 15 is 0 Å². The van der Waals surface area contributed by atoms with E-state index in [4.69, 9.17) is 15.7 Å². The van der Waals surface area contributed by atoms with E-state index < -0.39 is 12.2 Å². The van der Waals surface area contributed by atoms with Crippen molar-refractivity contribution in [3.8, 4) is 0 Å². The SMILES string of the molecule is C=CCOC(=O)N(N)C[C@H](C)O.COC=O. The van der Waals surface area contributed by atoms with Gasteiger partial charge in [0.2, 0.25) is 0 Å². The number of amides is 1. The molecule has 7 nitrogen and oxygen atoms in total. The van der Waals surface area contributed by atoms with Gasteiger partial charge in [0.05, 0.1) is 19.8 Å². The van der Waals surface area contributed by atoms with Crippen molar-refractivity contribution >= 4 is 12.6 Å². The largest absolute Gasteiger partial charge is 0.471 e. The van der Waals surface area contributed by atoms with Gasteiger partial charge in [-0.3, -0.25) is 4.79 Å². The Morgan fingerprint density at radius 3 is 2.50 bits per heavy atom. The Hall–Kier alpha value is -1.60. The maximum absolute atomic E-state index is 10.9. The summed E-state index contributed by atoms with van der Waals surface area (Å²) in [6.45, 7) is 5.44. The first-order chi connectivity index (χ1) is 7.49. The van der Waals surface area contributed by atoms with Crippen LogP contribution in [0.15, 0.2) is 12.7 Å². The van der Waals surface area contributed by atoms with Crippen molar-refractivity contribution in [2.45, 2.75) is 13.0 Å². The van der Waals surface area contributed by atoms with Gasteiger partial charge in [-0.25, -0.2) is 15.6 Å². The normalized spacial score (nSPS) is 10.2. The van der Waals surface area contributed by atoms with Gasteiger partial charge < -0.3 is 14.6 Å². The quantitative estimate of drug-likeness (QED) is 0.222. The number of aliphatic hydroxyl groups is 1. The average Bonchev–Trinajstić information content (AvgIpc) is 2.25. The second-order valence-electron chi connectivity index (χ2n) is 2.70. The van der Waals surface area contributed by atoms with Crippen molar-refractivity contribution in [2.75, 3.05) is 20.3 Å². The Morgan fingerprint density at radius 1 is 1.69 bits per heavy atom. The number of hydrogen-bond acceptors (Lipinski definition) is 6. The second-order valence-corrected chi connectivity index (χ2v) is 2.70. The average molecular weight is 234 g/mol. The number of rotatable bonds is 5. The smallest absolute Gasteiger partial charge is 0.424 e. The molecule has 0 fully saturated rings. The van der Waals surface area contributed by atoms with E-state index in [1.807, 2.05) is 0 Å². The monoisotopic (exact) mass is 234 g/mol. The van der Waals surface area contributed by atoms with Gasteiger partial charge in [-0.05, 0) is 6.92 Å². The predicted molar refractivity (Wildman–Crippen MR) is 57.2 cm³/mol. The van der Waals surface area contributed by atoms with E-state index in [2.05, 4.69) is 16.1 Å². The first-order valence-corrected chi connectivity index (χ1v) is 4.43. The number of hydrogen-bond donors (Lipinski definition) is 2. The number of aliphatic hydroxyl groups excluding tert-OH is 1. The Kier molecular flexibility index (Phi) is 12.1. The molecule has 0 heterocycles. The minimum atomic E-state index is -0.671. The van der Waals surface area contributed by atoms with Crippen LogP contribution in [0.1, 0.15) is 6.92 Å². The van der Waals surface area contributed by atoms with Crippen LogP contribution in [0.5, 0.6) is 0 Å². The number of carbonyl (C=O) groups is 2. The zero-order chi connectivity index (χ0) is 13.0. The maximum atomic E-state index is 10.9. The van der Waals surface area contributed by atoms with Crippen LogP contribution in [0, 0.1) is 0 Å². The summed E-state index contributed by atoms with van der Waals surface area (Å²) in [6, 6.07) is 0. The molecule has 0 radical (unpaired) electrons. The third-order valence-electron chi connectivity index (χ3n) is 1.12. The molecule has 0 unspecified atom stereocenters. The minimum absolute atomic E-state index is 0.0516. The lowest BCUT2D eigenvalue weighted by Gasteiger charge is -2.16. The molecule has 0 saturated heterocycles. The highest BCUT2D eigenvalue weighted by Crippen LogP contribution is 1.90. The lowest BCUT2D eigenvalue weighted by Crippen LogP contribution is -2.42. The number of nitrogens with zero attached hydrogens (tertiary/aromatic N) is 1. The number of hydrazine groups is 1. The fourth-order valence-corrected chi connectivity index (χ4v) is 0.572. The molecule has 0 aliphatic heterocycles. The molecule has 16 heavy (non-hydrogen) atoms. The topological polar surface area (TPSA) is 102 Å². The number of ether oxygens (including phenoxy) is 2. The van der Waals surface area contributed by atoms with Crippen LogP contribution < -0.4 is 5.84 Å². The summed E-state index contributed by atoms with van der Waals surface area (Å²) >= 11 is 0. The highest BCUT2D eigenvalue weighted by Gasteiger charge is 2.11. The second kappa shape index (κ2) is 11.5. The molecular formula is C9H18N2O5. The third-order valence-corrected chi connectivity index (χ3v) is 1.12. The van der Waals surface area contributed by atoms with E-state index in [1.54, 1.807) is 0 Å². The molecule has 94 valence electrons. The molecule has 0 spiro atoms. The van der Waals surface area contributed by atoms with Crippen LogP contribution in [-0.4, -0.2) is 49.0 Å². The molecule has 0 aliphatic carbocycles. The van der Waals surface area contributed by atoms with Crippen molar-refractivity contribution in [3.63, 3.8) is 0 Å². The number of carbonyl (C=O) groups excluding carboxylic acids is 2. The van der Waals surface area contributed by atoms with E-state index in [1.165, 1.54) is 20.1 Å². The van der Waals surface area contributed by atoms with Crippen LogP contribution >= 0.6 is 0 Å². The maximum Gasteiger partial charge on any atom is 0.424 e. The van der Waals surface area contributed by atoms with Crippen molar-refractivity contribution in [1.82, 2.24) is 5.01 Å². The van der Waals surface area contributed by atoms with Crippen molar-refractivity contribution in [1.29, 1.82) is 0 Å². The highest BCUT2D eigenvalue weighted by molar-refractivity contribution is 5.66. The van der Waals surface area contributed by atoms with Gasteiger partial charge in [-0.1, -0.05) is 12.7 Å². The van der Waals surface area contributed by atoms with Gasteiger partial charge in [0, 0.05) is 0 Å². The standard InChI is InChI=1S/C7H14N2O3.C2H4O2/c1-3-4-12-7(11)9(8)5-6(2)10;1-4-2-3/h3,6,10H,1,4-5,8H2,2H3;2H,1H3/t6-;/m0./s1. The molecule has 3 N–H and O–H groups in total. The molecule has 0 saturated carbocycles. The molecular weight excluding hydrogens is 216 g/mol. The summed E-state index contributed by atoms with van der Waals surface area (Å²) in [4.78, 5) is 19.8. The zero-order valence-electron chi connectivity index (χ0n) is 9.46. The first kappa shape index (κ1) is 16.8. The summed E-state index contributed by atoms with van der Waals surface area (Å²) in [5.74, 6) is 5.22.